The largest absolute Gasteiger partial charge is 0.328 e. The topological polar surface area (TPSA) is 55.2 Å². The summed E-state index contributed by atoms with van der Waals surface area (Å²) in [6.45, 7) is 6.26. The van der Waals surface area contributed by atoms with Crippen molar-refractivity contribution in [3.8, 4) is 0 Å². The normalized spacial score (nSPS) is 20.1. The maximum absolute atomic E-state index is 12.4. The van der Waals surface area contributed by atoms with Crippen LogP contribution in [0.1, 0.15) is 57.1 Å². The van der Waals surface area contributed by atoms with Crippen LogP contribution < -0.4 is 0 Å². The quantitative estimate of drug-likeness (QED) is 0.855. The molecule has 1 aromatic rings. The number of hydrogen-bond donors (Lipinski definition) is 0. The molecule has 1 aromatic heterocycles. The first-order valence-electron chi connectivity index (χ1n) is 6.80. The van der Waals surface area contributed by atoms with Crippen LogP contribution in [0, 0.1) is 0 Å². The molecule has 108 valence electrons. The highest BCUT2D eigenvalue weighted by Gasteiger charge is 2.32. The van der Waals surface area contributed by atoms with Gasteiger partial charge in [0.1, 0.15) is 5.82 Å². The van der Waals surface area contributed by atoms with Gasteiger partial charge in [-0.3, -0.25) is 0 Å². The lowest BCUT2D eigenvalue weighted by Gasteiger charge is -2.25. The fraction of sp³-hybridized carbons (Fsp3) is 0.769. The van der Waals surface area contributed by atoms with Crippen LogP contribution in [-0.4, -0.2) is 36.4 Å². The zero-order valence-electron chi connectivity index (χ0n) is 12.3. The Bertz CT molecular complexity index is 573. The Kier molecular flexibility index (Phi) is 3.75. The molecule has 0 saturated carbocycles. The van der Waals surface area contributed by atoms with E-state index in [4.69, 9.17) is 0 Å². The first kappa shape index (κ1) is 14.5. The average Bonchev–Trinajstić information content (AvgIpc) is 2.70. The number of aromatic nitrogens is 2. The summed E-state index contributed by atoms with van der Waals surface area (Å²) < 4.78 is 28.2. The molecule has 2 heterocycles. The van der Waals surface area contributed by atoms with E-state index in [0.717, 1.165) is 30.8 Å². The molecule has 0 amide bonds. The van der Waals surface area contributed by atoms with Gasteiger partial charge in [0, 0.05) is 26.1 Å². The maximum atomic E-state index is 12.4. The Balaban J connectivity index is 2.68. The van der Waals surface area contributed by atoms with Gasteiger partial charge in [-0.15, -0.1) is 0 Å². The van der Waals surface area contributed by atoms with Crippen LogP contribution >= 0.6 is 0 Å². The lowest BCUT2D eigenvalue weighted by Crippen LogP contribution is -2.25. The summed E-state index contributed by atoms with van der Waals surface area (Å²) in [7, 11) is -0.337. The van der Waals surface area contributed by atoms with Crippen LogP contribution in [0.25, 0.3) is 0 Å². The Morgan fingerprint density at radius 2 is 2.00 bits per heavy atom. The van der Waals surface area contributed by atoms with Crippen molar-refractivity contribution in [3.05, 3.63) is 11.5 Å². The van der Waals surface area contributed by atoms with E-state index in [1.165, 1.54) is 4.31 Å². The van der Waals surface area contributed by atoms with E-state index in [1.807, 2.05) is 0 Å². The Morgan fingerprint density at radius 3 is 2.53 bits per heavy atom. The van der Waals surface area contributed by atoms with Gasteiger partial charge in [0.25, 0.3) is 10.0 Å². The van der Waals surface area contributed by atoms with Crippen molar-refractivity contribution in [1.29, 1.82) is 0 Å². The van der Waals surface area contributed by atoms with Crippen LogP contribution in [0.3, 0.4) is 0 Å². The third-order valence-corrected chi connectivity index (χ3v) is 5.50. The van der Waals surface area contributed by atoms with Gasteiger partial charge in [-0.25, -0.2) is 17.7 Å². The number of fused-ring (bicyclic) bond motifs is 1. The fourth-order valence-electron chi connectivity index (χ4n) is 2.66. The van der Waals surface area contributed by atoms with E-state index in [-0.39, 0.29) is 10.9 Å². The molecule has 5 nitrogen and oxygen atoms in total. The minimum absolute atomic E-state index is 0.227. The van der Waals surface area contributed by atoms with E-state index < -0.39 is 10.0 Å². The summed E-state index contributed by atoms with van der Waals surface area (Å²) in [4.78, 5) is 4.47. The minimum atomic E-state index is -3.45. The van der Waals surface area contributed by atoms with Crippen molar-refractivity contribution in [2.24, 2.45) is 0 Å². The van der Waals surface area contributed by atoms with E-state index in [0.29, 0.717) is 6.04 Å². The summed E-state index contributed by atoms with van der Waals surface area (Å²) in [5.74, 6) is 1.12. The van der Waals surface area contributed by atoms with Crippen molar-refractivity contribution in [1.82, 2.24) is 13.9 Å². The predicted molar refractivity (Wildman–Crippen MR) is 74.8 cm³/mol. The number of hydrogen-bond acceptors (Lipinski definition) is 3. The number of imidazole rings is 1. The van der Waals surface area contributed by atoms with Crippen molar-refractivity contribution < 1.29 is 8.42 Å². The standard InChI is InChI=1S/C13H23N3O2S/c1-9(2)12-14-13(19(17,18)15(4)5)11-8-6-7-10(3)16(11)12/h9-10H,6-8H2,1-5H3. The third-order valence-electron chi connectivity index (χ3n) is 3.72. The zero-order valence-corrected chi connectivity index (χ0v) is 13.2. The number of rotatable bonds is 3. The highest BCUT2D eigenvalue weighted by atomic mass is 32.2. The monoisotopic (exact) mass is 285 g/mol. The second-order valence-corrected chi connectivity index (χ2v) is 7.84. The molecule has 2 rings (SSSR count). The second-order valence-electron chi connectivity index (χ2n) is 5.78. The molecule has 1 atom stereocenters. The van der Waals surface area contributed by atoms with Gasteiger partial charge in [0.15, 0.2) is 5.03 Å². The zero-order chi connectivity index (χ0) is 14.4. The van der Waals surface area contributed by atoms with Crippen LogP contribution in [0.2, 0.25) is 0 Å². The van der Waals surface area contributed by atoms with Gasteiger partial charge in [-0.05, 0) is 26.2 Å². The van der Waals surface area contributed by atoms with Gasteiger partial charge < -0.3 is 4.57 Å². The Labute approximate surface area is 115 Å². The van der Waals surface area contributed by atoms with Gasteiger partial charge >= 0.3 is 0 Å². The fourth-order valence-corrected chi connectivity index (χ4v) is 3.72. The molecule has 19 heavy (non-hydrogen) atoms. The highest BCUT2D eigenvalue weighted by molar-refractivity contribution is 7.89. The molecular weight excluding hydrogens is 262 g/mol. The van der Waals surface area contributed by atoms with Crippen molar-refractivity contribution >= 4 is 10.0 Å². The highest BCUT2D eigenvalue weighted by Crippen LogP contribution is 2.33. The van der Waals surface area contributed by atoms with Crippen LogP contribution in [0.5, 0.6) is 0 Å². The van der Waals surface area contributed by atoms with Crippen LogP contribution in [0.15, 0.2) is 5.03 Å². The molecule has 1 unspecified atom stereocenters. The van der Waals surface area contributed by atoms with Crippen molar-refractivity contribution in [2.75, 3.05) is 14.1 Å². The summed E-state index contributed by atoms with van der Waals surface area (Å²) in [6, 6.07) is 0.333. The lowest BCUT2D eigenvalue weighted by atomic mass is 10.0. The number of nitrogens with zero attached hydrogens (tertiary/aromatic N) is 3. The molecule has 0 N–H and O–H groups in total. The summed E-state index contributed by atoms with van der Waals surface area (Å²) in [5.41, 5.74) is 0.885. The maximum Gasteiger partial charge on any atom is 0.261 e. The van der Waals surface area contributed by atoms with E-state index in [1.54, 1.807) is 14.1 Å². The molecule has 0 fully saturated rings. The molecule has 0 radical (unpaired) electrons. The average molecular weight is 285 g/mol. The second kappa shape index (κ2) is 4.90. The molecule has 1 aliphatic rings. The summed E-state index contributed by atoms with van der Waals surface area (Å²) in [5, 5.41) is 0.257. The van der Waals surface area contributed by atoms with Gasteiger partial charge in [0.2, 0.25) is 0 Å². The first-order valence-corrected chi connectivity index (χ1v) is 8.24. The molecule has 0 aromatic carbocycles. The smallest absolute Gasteiger partial charge is 0.261 e. The molecule has 0 saturated heterocycles. The van der Waals surface area contributed by atoms with E-state index >= 15 is 0 Å². The van der Waals surface area contributed by atoms with E-state index in [2.05, 4.69) is 30.3 Å². The molecule has 6 heteroatoms. The SMILES string of the molecule is CC(C)c1nc(S(=O)(=O)N(C)C)c2n1C(C)CCC2. The van der Waals surface area contributed by atoms with Gasteiger partial charge in [-0.1, -0.05) is 13.8 Å². The molecule has 0 aliphatic carbocycles. The number of sulfonamides is 1. The van der Waals surface area contributed by atoms with Crippen molar-refractivity contribution in [2.45, 2.75) is 57.0 Å². The lowest BCUT2D eigenvalue weighted by molar-refractivity contribution is 0.409. The van der Waals surface area contributed by atoms with E-state index in [9.17, 15) is 8.42 Å². The molecular formula is C13H23N3O2S. The first-order chi connectivity index (χ1) is 8.76. The molecule has 1 aliphatic heterocycles. The minimum Gasteiger partial charge on any atom is -0.328 e. The Morgan fingerprint density at radius 1 is 1.37 bits per heavy atom. The van der Waals surface area contributed by atoms with Crippen LogP contribution in [-0.2, 0) is 16.4 Å². The predicted octanol–water partition coefficient (Wildman–Crippen LogP) is 2.15. The molecule has 0 bridgehead atoms. The third kappa shape index (κ3) is 2.31. The summed E-state index contributed by atoms with van der Waals surface area (Å²) >= 11 is 0. The van der Waals surface area contributed by atoms with Crippen LogP contribution in [0.4, 0.5) is 0 Å². The Hall–Kier alpha value is -0.880. The van der Waals surface area contributed by atoms with Gasteiger partial charge in [0.05, 0.1) is 5.69 Å². The van der Waals surface area contributed by atoms with Gasteiger partial charge in [-0.2, -0.15) is 0 Å². The molecule has 0 spiro atoms. The summed E-state index contributed by atoms with van der Waals surface area (Å²) in [6.07, 6.45) is 2.91. The van der Waals surface area contributed by atoms with Crippen molar-refractivity contribution in [3.63, 3.8) is 0 Å².